The zero-order valence-corrected chi connectivity index (χ0v) is 19.1. The summed E-state index contributed by atoms with van der Waals surface area (Å²) in [5, 5.41) is 4.34. The molecule has 150 valence electrons. The molecule has 0 spiro atoms. The van der Waals surface area contributed by atoms with Gasteiger partial charge in [0, 0.05) is 23.8 Å². The molecule has 5 rings (SSSR count). The van der Waals surface area contributed by atoms with Crippen molar-refractivity contribution >= 4 is 34.7 Å². The van der Waals surface area contributed by atoms with Crippen molar-refractivity contribution in [2.45, 2.75) is 6.42 Å². The second-order valence-electron chi connectivity index (χ2n) is 6.61. The molecule has 0 unspecified atom stereocenters. The van der Waals surface area contributed by atoms with Crippen molar-refractivity contribution in [2.75, 3.05) is 10.7 Å². The number of hydrogen-bond donors (Lipinski definition) is 0. The van der Waals surface area contributed by atoms with E-state index in [2.05, 4.69) is 62.9 Å². The summed E-state index contributed by atoms with van der Waals surface area (Å²) < 4.78 is 6.38. The summed E-state index contributed by atoms with van der Waals surface area (Å²) in [4.78, 5) is 2.17. The van der Waals surface area contributed by atoms with Crippen LogP contribution in [0, 0.1) is 12.1 Å². The molecule has 0 N–H and O–H groups in total. The Kier molecular flexibility index (Phi) is 6.51. The number of anilines is 3. The largest absolute Gasteiger partial charge is 2.00 e. The van der Waals surface area contributed by atoms with Gasteiger partial charge in [-0.25, -0.2) is 0 Å². The van der Waals surface area contributed by atoms with Crippen LogP contribution in [0.15, 0.2) is 89.6 Å². The van der Waals surface area contributed by atoms with E-state index < -0.39 is 0 Å². The topological polar surface area (TPSA) is 33.4 Å². The van der Waals surface area contributed by atoms with Gasteiger partial charge in [-0.1, -0.05) is 23.9 Å². The third-order valence-electron chi connectivity index (χ3n) is 4.71. The van der Waals surface area contributed by atoms with Gasteiger partial charge in [-0.2, -0.15) is 11.2 Å². The van der Waals surface area contributed by atoms with Crippen LogP contribution in [0.3, 0.4) is 0 Å². The van der Waals surface area contributed by atoms with Crippen LogP contribution >= 0.6 is 11.9 Å². The van der Waals surface area contributed by atoms with Crippen LogP contribution in [0.4, 0.5) is 17.1 Å². The second kappa shape index (κ2) is 9.46. The van der Waals surface area contributed by atoms with Crippen LogP contribution in [-0.4, -0.2) is 21.2 Å². The molecular formula is C24H18N4PtS. The Labute approximate surface area is 195 Å². The molecule has 1 aromatic heterocycles. The van der Waals surface area contributed by atoms with Gasteiger partial charge in [-0.05, 0) is 53.7 Å². The summed E-state index contributed by atoms with van der Waals surface area (Å²) in [5.41, 5.74) is 6.00. The molecule has 0 saturated heterocycles. The Morgan fingerprint density at radius 1 is 0.867 bits per heavy atom. The van der Waals surface area contributed by atoms with E-state index in [4.69, 9.17) is 0 Å². The molecule has 3 aromatic carbocycles. The van der Waals surface area contributed by atoms with Crippen LogP contribution in [0.25, 0.3) is 5.69 Å². The Morgan fingerprint density at radius 3 is 2.40 bits per heavy atom. The van der Waals surface area contributed by atoms with E-state index in [0.29, 0.717) is 0 Å². The summed E-state index contributed by atoms with van der Waals surface area (Å²) in [6.07, 6.45) is 4.68. The molecule has 0 aliphatic carbocycles. The standard InChI is InChI=1S/C24H18N4S.Pt/c1-2-8-20(9-3-1)28(22-11-4-7-19(17-22)24-13-16-29-26-24)23-12-5-10-21(18-23)27-15-6-14-25-27;/h1-12,14-15H,13,16H2;/q-2;+2. The maximum Gasteiger partial charge on any atom is 2.00 e. The van der Waals surface area contributed by atoms with Crippen LogP contribution in [0.2, 0.25) is 0 Å². The molecule has 0 fully saturated rings. The number of nitrogens with zero attached hydrogens (tertiary/aromatic N) is 4. The first-order valence-electron chi connectivity index (χ1n) is 9.47. The van der Waals surface area contributed by atoms with Gasteiger partial charge in [0.15, 0.2) is 0 Å². The van der Waals surface area contributed by atoms with Gasteiger partial charge in [-0.15, -0.1) is 48.0 Å². The molecule has 4 aromatic rings. The second-order valence-corrected chi connectivity index (χ2v) is 7.46. The van der Waals surface area contributed by atoms with E-state index in [0.717, 1.165) is 46.2 Å². The van der Waals surface area contributed by atoms with Crippen molar-refractivity contribution in [1.29, 1.82) is 0 Å². The van der Waals surface area contributed by atoms with E-state index in [1.165, 1.54) is 0 Å². The fourth-order valence-electron chi connectivity index (χ4n) is 3.36. The quantitative estimate of drug-likeness (QED) is 0.219. The normalized spacial score (nSPS) is 12.9. The average molecular weight is 590 g/mol. The smallest absolute Gasteiger partial charge is 0.352 e. The predicted octanol–water partition coefficient (Wildman–Crippen LogP) is 5.78. The maximum absolute atomic E-state index is 4.56. The molecule has 2 heterocycles. The molecule has 0 amide bonds. The van der Waals surface area contributed by atoms with Crippen molar-refractivity contribution in [3.05, 3.63) is 103 Å². The first kappa shape index (κ1) is 20.6. The van der Waals surface area contributed by atoms with E-state index in [1.54, 1.807) is 18.1 Å². The average Bonchev–Trinajstić information content (AvgIpc) is 3.50. The fraction of sp³-hybridized carbons (Fsp3) is 0.0833. The Balaban J connectivity index is 0.00000218. The molecule has 30 heavy (non-hydrogen) atoms. The molecule has 0 bridgehead atoms. The number of aromatic nitrogens is 2. The minimum atomic E-state index is 0. The van der Waals surface area contributed by atoms with Gasteiger partial charge < -0.3 is 4.90 Å². The first-order chi connectivity index (χ1) is 14.4. The monoisotopic (exact) mass is 589 g/mol. The van der Waals surface area contributed by atoms with E-state index in [9.17, 15) is 0 Å². The zero-order valence-electron chi connectivity index (χ0n) is 16.0. The first-order valence-corrected chi connectivity index (χ1v) is 10.4. The van der Waals surface area contributed by atoms with Gasteiger partial charge in [0.2, 0.25) is 0 Å². The number of para-hydroxylation sites is 1. The van der Waals surface area contributed by atoms with Gasteiger partial charge in [0.05, 0.1) is 0 Å². The summed E-state index contributed by atoms with van der Waals surface area (Å²) in [7, 11) is 0. The van der Waals surface area contributed by atoms with Crippen molar-refractivity contribution in [3.63, 3.8) is 0 Å². The third-order valence-corrected chi connectivity index (χ3v) is 5.44. The zero-order chi connectivity index (χ0) is 19.5. The van der Waals surface area contributed by atoms with Crippen LogP contribution < -0.4 is 4.90 Å². The Hall–Kier alpha value is -2.62. The van der Waals surface area contributed by atoms with Crippen molar-refractivity contribution in [2.24, 2.45) is 4.40 Å². The Bertz CT molecular complexity index is 1140. The molecule has 0 atom stereocenters. The minimum Gasteiger partial charge on any atom is -0.352 e. The van der Waals surface area contributed by atoms with E-state index >= 15 is 0 Å². The number of rotatable bonds is 5. The van der Waals surface area contributed by atoms with Gasteiger partial charge in [0.1, 0.15) is 0 Å². The van der Waals surface area contributed by atoms with Crippen molar-refractivity contribution in [1.82, 2.24) is 9.78 Å². The van der Waals surface area contributed by atoms with Gasteiger partial charge >= 0.3 is 21.1 Å². The molecule has 1 aliphatic rings. The van der Waals surface area contributed by atoms with Gasteiger partial charge in [0.25, 0.3) is 0 Å². The van der Waals surface area contributed by atoms with Crippen molar-refractivity contribution in [3.8, 4) is 5.69 Å². The van der Waals surface area contributed by atoms with Crippen LogP contribution in [0.5, 0.6) is 0 Å². The SMILES string of the molecule is [Pt+2].[c-]1c(C2=NSCC2)cccc1N(c1[c-]c(-n2cccn2)ccc1)c1ccccc1. The summed E-state index contributed by atoms with van der Waals surface area (Å²) >= 11 is 1.62. The van der Waals surface area contributed by atoms with E-state index in [1.807, 2.05) is 47.3 Å². The predicted molar refractivity (Wildman–Crippen MR) is 120 cm³/mol. The molecule has 6 heteroatoms. The molecule has 1 aliphatic heterocycles. The van der Waals surface area contributed by atoms with Crippen molar-refractivity contribution < 1.29 is 21.1 Å². The number of benzene rings is 3. The molecule has 0 radical (unpaired) electrons. The fourth-order valence-corrected chi connectivity index (χ4v) is 4.08. The van der Waals surface area contributed by atoms with Crippen LogP contribution in [0.1, 0.15) is 12.0 Å². The summed E-state index contributed by atoms with van der Waals surface area (Å²) in [5.74, 6) is 1.04. The summed E-state index contributed by atoms with van der Waals surface area (Å²) in [6.45, 7) is 0. The maximum atomic E-state index is 4.56. The third kappa shape index (κ3) is 4.28. The Morgan fingerprint density at radius 2 is 1.67 bits per heavy atom. The molecular weight excluding hydrogens is 571 g/mol. The van der Waals surface area contributed by atoms with Crippen LogP contribution in [-0.2, 0) is 21.1 Å². The van der Waals surface area contributed by atoms with E-state index in [-0.39, 0.29) is 21.1 Å². The molecule has 0 saturated carbocycles. The number of hydrogen-bond acceptors (Lipinski definition) is 4. The molecule has 4 nitrogen and oxygen atoms in total. The summed E-state index contributed by atoms with van der Waals surface area (Å²) in [6, 6.07) is 31.6. The van der Waals surface area contributed by atoms with Gasteiger partial charge in [-0.3, -0.25) is 9.08 Å². The minimum absolute atomic E-state index is 0.